The molecular formula is C25H23ClN2O. The van der Waals surface area contributed by atoms with Crippen LogP contribution in [0.15, 0.2) is 79.0 Å². The van der Waals surface area contributed by atoms with Crippen LogP contribution in [0, 0.1) is 6.92 Å². The van der Waals surface area contributed by atoms with Crippen molar-refractivity contribution in [1.82, 2.24) is 10.3 Å². The Hall–Kier alpha value is -2.88. The highest BCUT2D eigenvalue weighted by atomic mass is 35.5. The highest BCUT2D eigenvalue weighted by Crippen LogP contribution is 2.30. The first-order chi connectivity index (χ1) is 14.1. The van der Waals surface area contributed by atoms with Gasteiger partial charge in [-0.3, -0.25) is 4.79 Å². The number of hydrogen-bond donors (Lipinski definition) is 2. The van der Waals surface area contributed by atoms with E-state index in [0.717, 1.165) is 22.9 Å². The molecule has 0 saturated heterocycles. The van der Waals surface area contributed by atoms with Crippen LogP contribution < -0.4 is 5.32 Å². The summed E-state index contributed by atoms with van der Waals surface area (Å²) in [5.41, 5.74) is 4.92. The number of Topliss-reactive ketones (excluding diaryl/α,β-unsaturated/α-hetero) is 1. The molecule has 0 radical (unpaired) electrons. The number of hydrogen-bond acceptors (Lipinski definition) is 2. The number of fused-ring (bicyclic) bond motifs is 1. The van der Waals surface area contributed by atoms with Gasteiger partial charge >= 0.3 is 0 Å². The van der Waals surface area contributed by atoms with Crippen molar-refractivity contribution in [3.05, 3.63) is 106 Å². The monoisotopic (exact) mass is 402 g/mol. The fourth-order valence-corrected chi connectivity index (χ4v) is 3.89. The third kappa shape index (κ3) is 4.26. The van der Waals surface area contributed by atoms with Crippen molar-refractivity contribution in [2.24, 2.45) is 0 Å². The molecule has 0 bridgehead atoms. The van der Waals surface area contributed by atoms with Crippen LogP contribution in [0.5, 0.6) is 0 Å². The molecule has 0 aliphatic carbocycles. The standard InChI is InChI=1S/C25H23ClN2O/c1-17-10-12-18(13-11-17)14-15-27-24(19-6-3-2-4-7-19)25(29)20-16-28-22-9-5-8-21(26)23(20)22/h2-13,16,24,27-28H,14-15H2,1H3/t24-/m1/s1. The summed E-state index contributed by atoms with van der Waals surface area (Å²) in [6.45, 7) is 2.78. The summed E-state index contributed by atoms with van der Waals surface area (Å²) in [6.07, 6.45) is 2.61. The summed E-state index contributed by atoms with van der Waals surface area (Å²) in [4.78, 5) is 16.7. The fraction of sp³-hybridized carbons (Fsp3) is 0.160. The molecule has 0 spiro atoms. The molecule has 0 amide bonds. The Morgan fingerprint density at radius 1 is 1.00 bits per heavy atom. The molecule has 3 aromatic carbocycles. The Kier molecular flexibility index (Phi) is 5.79. The highest BCUT2D eigenvalue weighted by Gasteiger charge is 2.24. The molecule has 0 aliphatic rings. The lowest BCUT2D eigenvalue weighted by Crippen LogP contribution is -2.30. The van der Waals surface area contributed by atoms with Gasteiger partial charge < -0.3 is 10.3 Å². The number of carbonyl (C=O) groups is 1. The summed E-state index contributed by atoms with van der Waals surface area (Å²) in [5.74, 6) is 0.0134. The van der Waals surface area contributed by atoms with Gasteiger partial charge in [-0.05, 0) is 36.6 Å². The smallest absolute Gasteiger partial charge is 0.186 e. The Morgan fingerprint density at radius 3 is 2.52 bits per heavy atom. The predicted molar refractivity (Wildman–Crippen MR) is 120 cm³/mol. The van der Waals surface area contributed by atoms with Crippen LogP contribution in [0.3, 0.4) is 0 Å². The van der Waals surface area contributed by atoms with E-state index in [0.29, 0.717) is 17.1 Å². The van der Waals surface area contributed by atoms with E-state index >= 15 is 0 Å². The SMILES string of the molecule is Cc1ccc(CCN[C@@H](C(=O)c2c[nH]c3cccc(Cl)c23)c2ccccc2)cc1. The lowest BCUT2D eigenvalue weighted by molar-refractivity contribution is 0.0945. The van der Waals surface area contributed by atoms with E-state index in [1.807, 2.05) is 48.5 Å². The van der Waals surface area contributed by atoms with Crippen molar-refractivity contribution in [2.75, 3.05) is 6.54 Å². The number of H-pyrrole nitrogens is 1. The molecule has 1 atom stereocenters. The van der Waals surface area contributed by atoms with E-state index < -0.39 is 6.04 Å². The van der Waals surface area contributed by atoms with Crippen molar-refractivity contribution in [3.8, 4) is 0 Å². The molecule has 0 aliphatic heterocycles. The van der Waals surface area contributed by atoms with Crippen molar-refractivity contribution >= 4 is 28.3 Å². The molecule has 3 nitrogen and oxygen atoms in total. The van der Waals surface area contributed by atoms with Gasteiger partial charge in [-0.1, -0.05) is 77.8 Å². The molecule has 0 unspecified atom stereocenters. The Labute approximate surface area is 175 Å². The number of carbonyl (C=O) groups excluding carboxylic acids is 1. The average molecular weight is 403 g/mol. The molecule has 1 heterocycles. The first kappa shape index (κ1) is 19.4. The van der Waals surface area contributed by atoms with Crippen LogP contribution >= 0.6 is 11.6 Å². The number of benzene rings is 3. The van der Waals surface area contributed by atoms with Crippen LogP contribution in [0.2, 0.25) is 5.02 Å². The lowest BCUT2D eigenvalue weighted by Gasteiger charge is -2.18. The van der Waals surface area contributed by atoms with Gasteiger partial charge in [0.05, 0.1) is 11.1 Å². The zero-order valence-electron chi connectivity index (χ0n) is 16.3. The Balaban J connectivity index is 1.60. The van der Waals surface area contributed by atoms with E-state index in [1.165, 1.54) is 11.1 Å². The van der Waals surface area contributed by atoms with Crippen LogP contribution in [0.4, 0.5) is 0 Å². The first-order valence-electron chi connectivity index (χ1n) is 9.77. The van der Waals surface area contributed by atoms with Gasteiger partial charge in [0.15, 0.2) is 5.78 Å². The van der Waals surface area contributed by atoms with Crippen LogP contribution in [0.25, 0.3) is 10.9 Å². The van der Waals surface area contributed by atoms with Crippen LogP contribution in [-0.4, -0.2) is 17.3 Å². The summed E-state index contributed by atoms with van der Waals surface area (Å²) >= 11 is 6.40. The Morgan fingerprint density at radius 2 is 1.76 bits per heavy atom. The summed E-state index contributed by atoms with van der Waals surface area (Å²) in [5, 5.41) is 4.83. The fourth-order valence-electron chi connectivity index (χ4n) is 3.61. The predicted octanol–water partition coefficient (Wildman–Crippen LogP) is 5.89. The van der Waals surface area contributed by atoms with Gasteiger partial charge in [0.2, 0.25) is 0 Å². The van der Waals surface area contributed by atoms with Crippen LogP contribution in [0.1, 0.15) is 33.1 Å². The van der Waals surface area contributed by atoms with Gasteiger partial charge in [0.25, 0.3) is 0 Å². The molecular weight excluding hydrogens is 380 g/mol. The van der Waals surface area contributed by atoms with Gasteiger partial charge in [0, 0.05) is 29.2 Å². The first-order valence-corrected chi connectivity index (χ1v) is 10.1. The van der Waals surface area contributed by atoms with E-state index in [2.05, 4.69) is 41.5 Å². The lowest BCUT2D eigenvalue weighted by atomic mass is 9.96. The molecule has 4 aromatic rings. The number of halogens is 1. The average Bonchev–Trinajstić information content (AvgIpc) is 3.18. The maximum atomic E-state index is 13.5. The zero-order valence-corrected chi connectivity index (χ0v) is 17.0. The molecule has 146 valence electrons. The topological polar surface area (TPSA) is 44.9 Å². The summed E-state index contributed by atoms with van der Waals surface area (Å²) in [6, 6.07) is 23.5. The number of aromatic nitrogens is 1. The number of ketones is 1. The quantitative estimate of drug-likeness (QED) is 0.379. The molecule has 4 heteroatoms. The van der Waals surface area contributed by atoms with Gasteiger partial charge in [-0.15, -0.1) is 0 Å². The number of nitrogens with one attached hydrogen (secondary N) is 2. The summed E-state index contributed by atoms with van der Waals surface area (Å²) in [7, 11) is 0. The van der Waals surface area contributed by atoms with E-state index in [1.54, 1.807) is 6.20 Å². The zero-order chi connectivity index (χ0) is 20.2. The van der Waals surface area contributed by atoms with E-state index in [-0.39, 0.29) is 5.78 Å². The molecule has 29 heavy (non-hydrogen) atoms. The van der Waals surface area contributed by atoms with Crippen LogP contribution in [-0.2, 0) is 6.42 Å². The summed E-state index contributed by atoms with van der Waals surface area (Å²) < 4.78 is 0. The maximum Gasteiger partial charge on any atom is 0.186 e. The van der Waals surface area contributed by atoms with E-state index in [9.17, 15) is 4.79 Å². The minimum Gasteiger partial charge on any atom is -0.360 e. The molecule has 0 saturated carbocycles. The second-order valence-electron chi connectivity index (χ2n) is 7.26. The third-order valence-electron chi connectivity index (χ3n) is 5.20. The van der Waals surface area contributed by atoms with E-state index in [4.69, 9.17) is 11.6 Å². The minimum atomic E-state index is -0.433. The largest absolute Gasteiger partial charge is 0.360 e. The second kappa shape index (κ2) is 8.64. The Bertz CT molecular complexity index is 1120. The molecule has 0 fully saturated rings. The minimum absolute atomic E-state index is 0.0134. The van der Waals surface area contributed by atoms with Crippen molar-refractivity contribution in [3.63, 3.8) is 0 Å². The molecule has 2 N–H and O–H groups in total. The highest BCUT2D eigenvalue weighted by molar-refractivity contribution is 6.37. The normalized spacial score (nSPS) is 12.2. The van der Waals surface area contributed by atoms with Gasteiger partial charge in [0.1, 0.15) is 0 Å². The molecule has 1 aromatic heterocycles. The second-order valence-corrected chi connectivity index (χ2v) is 7.67. The van der Waals surface area contributed by atoms with Gasteiger partial charge in [-0.2, -0.15) is 0 Å². The number of rotatable bonds is 7. The maximum absolute atomic E-state index is 13.5. The molecule has 4 rings (SSSR count). The third-order valence-corrected chi connectivity index (χ3v) is 5.51. The van der Waals surface area contributed by atoms with Crippen molar-refractivity contribution in [1.29, 1.82) is 0 Å². The van der Waals surface area contributed by atoms with Gasteiger partial charge in [-0.25, -0.2) is 0 Å². The number of aryl methyl sites for hydroxylation is 1. The van der Waals surface area contributed by atoms with Crippen molar-refractivity contribution in [2.45, 2.75) is 19.4 Å². The number of aromatic amines is 1. The van der Waals surface area contributed by atoms with Crippen molar-refractivity contribution < 1.29 is 4.79 Å².